The van der Waals surface area contributed by atoms with Gasteiger partial charge >= 0.3 is 0 Å². The Hall–Kier alpha value is 0.594. The van der Waals surface area contributed by atoms with Crippen LogP contribution in [0, 0.1) is 6.92 Å². The van der Waals surface area contributed by atoms with Crippen molar-refractivity contribution < 1.29 is 37.0 Å². The van der Waals surface area contributed by atoms with Gasteiger partial charge in [0.2, 0.25) is 0 Å². The molecule has 15 heavy (non-hydrogen) atoms. The second-order valence-electron chi connectivity index (χ2n) is 3.28. The van der Waals surface area contributed by atoms with Crippen molar-refractivity contribution in [1.82, 2.24) is 0 Å². The van der Waals surface area contributed by atoms with Crippen LogP contribution in [0.2, 0.25) is 0 Å². The second kappa shape index (κ2) is 29.3. The van der Waals surface area contributed by atoms with Gasteiger partial charge in [-0.1, -0.05) is 0 Å². The molecule has 0 radical (unpaired) electrons. The fourth-order valence-electron chi connectivity index (χ4n) is 0. The third-order valence-electron chi connectivity index (χ3n) is 0. The smallest absolute Gasteiger partial charge is 0.0483 e. The SMILES string of the molecule is CC(C)O.CC(C)O.CC(C)O.[CH2-]C.[Ti]. The van der Waals surface area contributed by atoms with E-state index in [4.69, 9.17) is 15.3 Å². The molecule has 0 heterocycles. The van der Waals surface area contributed by atoms with E-state index in [1.807, 2.05) is 0 Å². The van der Waals surface area contributed by atoms with Crippen LogP contribution in [0.1, 0.15) is 48.5 Å². The zero-order valence-corrected chi connectivity index (χ0v) is 12.8. The first kappa shape index (κ1) is 29.6. The van der Waals surface area contributed by atoms with Crippen molar-refractivity contribution >= 4 is 0 Å². The Morgan fingerprint density at radius 1 is 0.600 bits per heavy atom. The van der Waals surface area contributed by atoms with Crippen LogP contribution in [-0.4, -0.2) is 33.6 Å². The summed E-state index contributed by atoms with van der Waals surface area (Å²) in [6.45, 7) is 15.3. The van der Waals surface area contributed by atoms with E-state index in [9.17, 15) is 0 Å². The summed E-state index contributed by atoms with van der Waals surface area (Å²) in [7, 11) is 0. The minimum atomic E-state index is -0.167. The molecule has 0 rings (SSSR count). The largest absolute Gasteiger partial charge is 0.394 e. The molecule has 0 aromatic carbocycles. The standard InChI is InChI=1S/3C3H8O.C2H5.Ti/c3*1-3(2)4;1-2;/h3*3-4H,1-2H3;1H2,2H3;/q;;;-1;. The molecule has 0 bridgehead atoms. The van der Waals surface area contributed by atoms with Crippen LogP contribution in [0.25, 0.3) is 0 Å². The molecule has 0 aliphatic rings. The van der Waals surface area contributed by atoms with Crippen LogP contribution in [0.3, 0.4) is 0 Å². The van der Waals surface area contributed by atoms with Gasteiger partial charge in [0.1, 0.15) is 0 Å². The van der Waals surface area contributed by atoms with Gasteiger partial charge in [-0.2, -0.15) is 6.92 Å². The predicted octanol–water partition coefficient (Wildman–Crippen LogP) is 2.00. The van der Waals surface area contributed by atoms with Crippen LogP contribution >= 0.6 is 0 Å². The van der Waals surface area contributed by atoms with Gasteiger partial charge in [-0.3, -0.25) is 0 Å². The average molecular weight is 257 g/mol. The molecule has 0 fully saturated rings. The van der Waals surface area contributed by atoms with E-state index >= 15 is 0 Å². The van der Waals surface area contributed by atoms with E-state index < -0.39 is 0 Å². The van der Waals surface area contributed by atoms with Gasteiger partial charge in [-0.05, 0) is 41.5 Å². The van der Waals surface area contributed by atoms with Crippen molar-refractivity contribution in [3.63, 3.8) is 0 Å². The van der Waals surface area contributed by atoms with Gasteiger partial charge in [-0.25, -0.2) is 0 Å². The fraction of sp³-hybridized carbons (Fsp3) is 0.909. The van der Waals surface area contributed by atoms with Crippen LogP contribution in [0.5, 0.6) is 0 Å². The molecule has 0 saturated heterocycles. The maximum atomic E-state index is 8.06. The van der Waals surface area contributed by atoms with E-state index in [2.05, 4.69) is 6.92 Å². The summed E-state index contributed by atoms with van der Waals surface area (Å²) >= 11 is 0. The number of rotatable bonds is 0. The Balaban J connectivity index is -0.0000000298. The van der Waals surface area contributed by atoms with Crippen LogP contribution in [0.4, 0.5) is 0 Å². The topological polar surface area (TPSA) is 60.7 Å². The Kier molecular flexibility index (Phi) is 57.8. The Bertz CT molecular complexity index is 44.3. The van der Waals surface area contributed by atoms with Crippen molar-refractivity contribution in [2.45, 2.75) is 66.8 Å². The summed E-state index contributed by atoms with van der Waals surface area (Å²) in [4.78, 5) is 0. The normalized spacial score (nSPS) is 7.60. The first-order valence-corrected chi connectivity index (χ1v) is 4.95. The van der Waals surface area contributed by atoms with Gasteiger partial charge in [0.15, 0.2) is 0 Å². The van der Waals surface area contributed by atoms with Gasteiger partial charge < -0.3 is 22.2 Å². The van der Waals surface area contributed by atoms with E-state index in [0.29, 0.717) is 0 Å². The molecule has 0 spiro atoms. The maximum Gasteiger partial charge on any atom is 0.0483 e. The summed E-state index contributed by atoms with van der Waals surface area (Å²) in [6, 6.07) is 0. The zero-order valence-electron chi connectivity index (χ0n) is 11.3. The molecular formula is C11H29O3Ti-. The molecule has 0 aliphatic heterocycles. The summed E-state index contributed by atoms with van der Waals surface area (Å²) in [5.74, 6) is 0. The van der Waals surface area contributed by atoms with E-state index in [0.717, 1.165) is 0 Å². The monoisotopic (exact) mass is 257 g/mol. The first-order chi connectivity index (χ1) is 6.20. The zero-order chi connectivity index (χ0) is 12.7. The summed E-state index contributed by atoms with van der Waals surface area (Å²) in [6.07, 6.45) is -0.500. The average Bonchev–Trinajstić information content (AvgIpc) is 1.86. The molecule has 0 saturated carbocycles. The molecule has 3 nitrogen and oxygen atoms in total. The summed E-state index contributed by atoms with van der Waals surface area (Å²) in [5, 5.41) is 24.2. The van der Waals surface area contributed by atoms with Crippen molar-refractivity contribution in [1.29, 1.82) is 0 Å². The maximum absolute atomic E-state index is 8.06. The minimum Gasteiger partial charge on any atom is -0.394 e. The van der Waals surface area contributed by atoms with E-state index in [1.54, 1.807) is 48.5 Å². The third kappa shape index (κ3) is 6550. The van der Waals surface area contributed by atoms with Crippen molar-refractivity contribution in [2.24, 2.45) is 0 Å². The van der Waals surface area contributed by atoms with Gasteiger partial charge in [0.05, 0.1) is 0 Å². The Morgan fingerprint density at radius 2 is 0.600 bits per heavy atom. The molecule has 0 unspecified atom stereocenters. The minimum absolute atomic E-state index is 0. The van der Waals surface area contributed by atoms with E-state index in [-0.39, 0.29) is 40.0 Å². The van der Waals surface area contributed by atoms with Gasteiger partial charge in [0.25, 0.3) is 0 Å². The summed E-state index contributed by atoms with van der Waals surface area (Å²) in [5.41, 5.74) is 0. The van der Waals surface area contributed by atoms with Gasteiger partial charge in [0, 0.05) is 40.0 Å². The number of hydrogen-bond donors (Lipinski definition) is 3. The first-order valence-electron chi connectivity index (χ1n) is 4.95. The quantitative estimate of drug-likeness (QED) is 0.459. The number of hydrogen-bond acceptors (Lipinski definition) is 3. The summed E-state index contributed by atoms with van der Waals surface area (Å²) < 4.78 is 0. The van der Waals surface area contributed by atoms with Crippen molar-refractivity contribution in [2.75, 3.05) is 0 Å². The molecule has 0 aromatic rings. The van der Waals surface area contributed by atoms with Crippen LogP contribution < -0.4 is 0 Å². The van der Waals surface area contributed by atoms with Gasteiger partial charge in [-0.15, -0.1) is 0 Å². The Labute approximate surface area is 111 Å². The Morgan fingerprint density at radius 3 is 0.600 bits per heavy atom. The molecule has 0 amide bonds. The molecule has 3 N–H and O–H groups in total. The predicted molar refractivity (Wildman–Crippen MR) is 63.1 cm³/mol. The number of aliphatic hydroxyl groups excluding tert-OH is 3. The molecule has 0 aliphatic carbocycles. The third-order valence-corrected chi connectivity index (χ3v) is 0. The van der Waals surface area contributed by atoms with Crippen molar-refractivity contribution in [3.8, 4) is 0 Å². The van der Waals surface area contributed by atoms with Crippen molar-refractivity contribution in [3.05, 3.63) is 6.92 Å². The van der Waals surface area contributed by atoms with Crippen LogP contribution in [0.15, 0.2) is 0 Å². The second-order valence-corrected chi connectivity index (χ2v) is 3.28. The van der Waals surface area contributed by atoms with Crippen LogP contribution in [-0.2, 0) is 21.7 Å². The molecule has 4 heteroatoms. The molecule has 96 valence electrons. The number of aliphatic hydroxyl groups is 3. The molecular weight excluding hydrogens is 228 g/mol. The molecule has 0 atom stereocenters. The molecule has 0 aromatic heterocycles. The fourth-order valence-corrected chi connectivity index (χ4v) is 0. The van der Waals surface area contributed by atoms with E-state index in [1.165, 1.54) is 0 Å².